The van der Waals surface area contributed by atoms with E-state index in [1.54, 1.807) is 24.4 Å². The lowest BCUT2D eigenvalue weighted by Crippen LogP contribution is -1.99. The summed E-state index contributed by atoms with van der Waals surface area (Å²) in [7, 11) is 0. The lowest BCUT2D eigenvalue weighted by molar-refractivity contribution is 0.0697. The van der Waals surface area contributed by atoms with Gasteiger partial charge in [0.2, 0.25) is 0 Å². The molecule has 1 N–H and O–H groups in total. The van der Waals surface area contributed by atoms with Crippen molar-refractivity contribution in [1.82, 2.24) is 9.55 Å². The van der Waals surface area contributed by atoms with E-state index in [0.717, 1.165) is 27.7 Å². The van der Waals surface area contributed by atoms with E-state index in [0.29, 0.717) is 0 Å². The van der Waals surface area contributed by atoms with E-state index in [2.05, 4.69) is 11.1 Å². The Balaban J connectivity index is 1.97. The molecule has 2 aromatic carbocycles. The molecule has 24 heavy (non-hydrogen) atoms. The molecule has 2 heterocycles. The van der Waals surface area contributed by atoms with Gasteiger partial charge in [0.25, 0.3) is 0 Å². The summed E-state index contributed by atoms with van der Waals surface area (Å²) in [6, 6.07) is 19.0. The number of aromatic nitrogens is 2. The van der Waals surface area contributed by atoms with Gasteiger partial charge in [-0.1, -0.05) is 30.3 Å². The Hall–Kier alpha value is -3.40. The van der Waals surface area contributed by atoms with Crippen molar-refractivity contribution in [2.45, 2.75) is 0 Å². The first kappa shape index (κ1) is 14.2. The molecule has 0 unspecified atom stereocenters. The van der Waals surface area contributed by atoms with Gasteiger partial charge in [-0.25, -0.2) is 4.79 Å². The van der Waals surface area contributed by atoms with Gasteiger partial charge < -0.3 is 9.67 Å². The fraction of sp³-hybridized carbons (Fsp3) is 0. The fourth-order valence-electron chi connectivity index (χ4n) is 2.93. The van der Waals surface area contributed by atoms with Crippen LogP contribution in [0.25, 0.3) is 27.7 Å². The Morgan fingerprint density at radius 3 is 2.67 bits per heavy atom. The molecule has 116 valence electrons. The summed E-state index contributed by atoms with van der Waals surface area (Å²) in [6.45, 7) is 0. The predicted molar refractivity (Wildman–Crippen MR) is 93.5 cm³/mol. The average Bonchev–Trinajstić information content (AvgIpc) is 3.02. The molecule has 0 bridgehead atoms. The largest absolute Gasteiger partial charge is 0.478 e. The number of hydrogen-bond acceptors (Lipinski definition) is 2. The van der Waals surface area contributed by atoms with E-state index < -0.39 is 5.97 Å². The van der Waals surface area contributed by atoms with Gasteiger partial charge in [-0.15, -0.1) is 0 Å². The second kappa shape index (κ2) is 5.66. The van der Waals surface area contributed by atoms with Gasteiger partial charge in [0.15, 0.2) is 0 Å². The number of carboxylic acid groups (broad SMARTS) is 1. The van der Waals surface area contributed by atoms with E-state index in [1.807, 2.05) is 53.4 Å². The van der Waals surface area contributed by atoms with Gasteiger partial charge in [0, 0.05) is 40.8 Å². The third-order valence-corrected chi connectivity index (χ3v) is 4.06. The van der Waals surface area contributed by atoms with Crippen molar-refractivity contribution in [1.29, 1.82) is 0 Å². The molecule has 0 aliphatic heterocycles. The van der Waals surface area contributed by atoms with Gasteiger partial charge >= 0.3 is 5.97 Å². The highest BCUT2D eigenvalue weighted by molar-refractivity contribution is 5.97. The number of fused-ring (bicyclic) bond motifs is 1. The summed E-state index contributed by atoms with van der Waals surface area (Å²) in [5, 5.41) is 10.3. The van der Waals surface area contributed by atoms with Crippen LogP contribution in [0.2, 0.25) is 0 Å². The molecule has 4 heteroatoms. The number of aromatic carboxylic acids is 1. The number of rotatable bonds is 3. The summed E-state index contributed by atoms with van der Waals surface area (Å²) in [5.41, 5.74) is 4.22. The maximum absolute atomic E-state index is 11.3. The van der Waals surface area contributed by atoms with Gasteiger partial charge in [-0.05, 0) is 30.3 Å². The van der Waals surface area contributed by atoms with Crippen LogP contribution in [0.4, 0.5) is 0 Å². The Morgan fingerprint density at radius 2 is 1.88 bits per heavy atom. The Kier molecular flexibility index (Phi) is 3.35. The molecule has 0 aliphatic carbocycles. The van der Waals surface area contributed by atoms with Crippen molar-refractivity contribution in [3.63, 3.8) is 0 Å². The molecule has 4 rings (SSSR count). The van der Waals surface area contributed by atoms with Crippen LogP contribution >= 0.6 is 0 Å². The van der Waals surface area contributed by atoms with E-state index in [1.165, 1.54) is 0 Å². The van der Waals surface area contributed by atoms with Crippen molar-refractivity contribution in [3.05, 3.63) is 84.8 Å². The lowest BCUT2D eigenvalue weighted by atomic mass is 10.1. The highest BCUT2D eigenvalue weighted by Gasteiger charge is 2.12. The highest BCUT2D eigenvalue weighted by atomic mass is 16.4. The third kappa shape index (κ3) is 2.34. The van der Waals surface area contributed by atoms with E-state index >= 15 is 0 Å². The number of para-hydroxylation sites is 1. The van der Waals surface area contributed by atoms with E-state index in [9.17, 15) is 9.90 Å². The van der Waals surface area contributed by atoms with Gasteiger partial charge in [0.05, 0.1) is 11.1 Å². The molecular formula is C20H14N2O2. The Bertz CT molecular complexity index is 1040. The zero-order valence-electron chi connectivity index (χ0n) is 12.8. The summed E-state index contributed by atoms with van der Waals surface area (Å²) in [4.78, 5) is 15.5. The molecule has 0 radical (unpaired) electrons. The number of carbonyl (C=O) groups is 1. The number of hydrogen-bond donors (Lipinski definition) is 1. The van der Waals surface area contributed by atoms with Crippen molar-refractivity contribution < 1.29 is 9.90 Å². The smallest absolute Gasteiger partial charge is 0.335 e. The Morgan fingerprint density at radius 1 is 1.00 bits per heavy atom. The molecular weight excluding hydrogens is 300 g/mol. The second-order valence-electron chi connectivity index (χ2n) is 5.53. The van der Waals surface area contributed by atoms with E-state index in [4.69, 9.17) is 0 Å². The van der Waals surface area contributed by atoms with E-state index in [-0.39, 0.29) is 5.56 Å². The minimum absolute atomic E-state index is 0.271. The zero-order chi connectivity index (χ0) is 16.5. The quantitative estimate of drug-likeness (QED) is 0.610. The summed E-state index contributed by atoms with van der Waals surface area (Å²) < 4.78 is 2.02. The van der Waals surface area contributed by atoms with Crippen LogP contribution in [0.15, 0.2) is 79.3 Å². The number of nitrogens with zero attached hydrogens (tertiary/aromatic N) is 2. The Labute approximate surface area is 138 Å². The SMILES string of the molecule is O=C(O)c1cccc(-n2cc(-c3cccnc3)c3ccccc32)c1. The van der Waals surface area contributed by atoms with Crippen molar-refractivity contribution >= 4 is 16.9 Å². The van der Waals surface area contributed by atoms with Crippen molar-refractivity contribution in [3.8, 4) is 16.8 Å². The molecule has 0 amide bonds. The number of pyridine rings is 1. The topological polar surface area (TPSA) is 55.1 Å². The van der Waals surface area contributed by atoms with Crippen molar-refractivity contribution in [2.24, 2.45) is 0 Å². The molecule has 0 saturated heterocycles. The molecule has 4 aromatic rings. The predicted octanol–water partition coefficient (Wildman–Crippen LogP) is 4.39. The third-order valence-electron chi connectivity index (χ3n) is 4.06. The maximum Gasteiger partial charge on any atom is 0.335 e. The van der Waals surface area contributed by atoms with Crippen molar-refractivity contribution in [2.75, 3.05) is 0 Å². The fourth-order valence-corrected chi connectivity index (χ4v) is 2.93. The summed E-state index contributed by atoms with van der Waals surface area (Å²) in [6.07, 6.45) is 5.61. The first-order valence-corrected chi connectivity index (χ1v) is 7.58. The van der Waals surface area contributed by atoms with Crippen LogP contribution in [0.5, 0.6) is 0 Å². The second-order valence-corrected chi connectivity index (χ2v) is 5.53. The molecule has 0 spiro atoms. The molecule has 0 aliphatic rings. The zero-order valence-corrected chi connectivity index (χ0v) is 12.8. The van der Waals surface area contributed by atoms with Crippen LogP contribution in [-0.2, 0) is 0 Å². The lowest BCUT2D eigenvalue weighted by Gasteiger charge is -2.06. The first-order chi connectivity index (χ1) is 11.7. The van der Waals surface area contributed by atoms with Crippen LogP contribution in [0.1, 0.15) is 10.4 Å². The summed E-state index contributed by atoms with van der Waals surface area (Å²) >= 11 is 0. The minimum atomic E-state index is -0.930. The van der Waals surface area contributed by atoms with Crippen LogP contribution in [0.3, 0.4) is 0 Å². The summed E-state index contributed by atoms with van der Waals surface area (Å²) in [5.74, 6) is -0.930. The molecule has 0 saturated carbocycles. The van der Waals surface area contributed by atoms with Crippen LogP contribution < -0.4 is 0 Å². The molecule has 4 nitrogen and oxygen atoms in total. The van der Waals surface area contributed by atoms with Gasteiger partial charge in [-0.2, -0.15) is 0 Å². The minimum Gasteiger partial charge on any atom is -0.478 e. The number of carboxylic acids is 1. The molecule has 0 atom stereocenters. The van der Waals surface area contributed by atoms with Gasteiger partial charge in [-0.3, -0.25) is 4.98 Å². The van der Waals surface area contributed by atoms with Crippen LogP contribution in [0, 0.1) is 0 Å². The molecule has 2 aromatic heterocycles. The number of benzene rings is 2. The normalized spacial score (nSPS) is 10.8. The maximum atomic E-state index is 11.3. The first-order valence-electron chi connectivity index (χ1n) is 7.58. The molecule has 0 fully saturated rings. The highest BCUT2D eigenvalue weighted by Crippen LogP contribution is 2.32. The van der Waals surface area contributed by atoms with Crippen LogP contribution in [-0.4, -0.2) is 20.6 Å². The monoisotopic (exact) mass is 314 g/mol. The van der Waals surface area contributed by atoms with Gasteiger partial charge in [0.1, 0.15) is 0 Å². The standard InChI is InChI=1S/C20H14N2O2/c23-20(24)14-5-3-7-16(11-14)22-13-18(15-6-4-10-21-12-15)17-8-1-2-9-19(17)22/h1-13H,(H,23,24). The average molecular weight is 314 g/mol.